The quantitative estimate of drug-likeness (QED) is 0.789. The SMILES string of the molecule is CS(=O)(=O)c1cc(C(=O)NCCc2cc(Cl)c3c(c2)OCCO3)ccc1Cl. The van der Waals surface area contributed by atoms with Gasteiger partial charge in [0, 0.05) is 18.4 Å². The highest BCUT2D eigenvalue weighted by Gasteiger charge is 2.18. The Kier molecular flexibility index (Phi) is 5.83. The largest absolute Gasteiger partial charge is 0.486 e. The lowest BCUT2D eigenvalue weighted by atomic mass is 10.1. The highest BCUT2D eigenvalue weighted by Crippen LogP contribution is 2.38. The second kappa shape index (κ2) is 7.96. The average Bonchev–Trinajstić information content (AvgIpc) is 2.61. The van der Waals surface area contributed by atoms with Gasteiger partial charge < -0.3 is 14.8 Å². The van der Waals surface area contributed by atoms with Crippen LogP contribution in [-0.2, 0) is 16.3 Å². The minimum absolute atomic E-state index is 0.0737. The Morgan fingerprint density at radius 1 is 1.11 bits per heavy atom. The van der Waals surface area contributed by atoms with Crippen LogP contribution in [0, 0.1) is 0 Å². The molecule has 0 aromatic heterocycles. The van der Waals surface area contributed by atoms with E-state index in [-0.39, 0.29) is 21.4 Å². The number of nitrogens with one attached hydrogen (secondary N) is 1. The van der Waals surface area contributed by atoms with Gasteiger partial charge in [0.05, 0.1) is 14.9 Å². The molecule has 0 saturated carbocycles. The number of ether oxygens (including phenoxy) is 2. The molecule has 27 heavy (non-hydrogen) atoms. The van der Waals surface area contributed by atoms with Gasteiger partial charge in [-0.2, -0.15) is 0 Å². The monoisotopic (exact) mass is 429 g/mol. The van der Waals surface area contributed by atoms with Crippen molar-refractivity contribution >= 4 is 38.9 Å². The van der Waals surface area contributed by atoms with Crippen LogP contribution < -0.4 is 14.8 Å². The van der Waals surface area contributed by atoms with Gasteiger partial charge in [-0.25, -0.2) is 8.42 Å². The average molecular weight is 430 g/mol. The molecule has 144 valence electrons. The third-order valence-corrected chi connectivity index (χ3v) is 5.81. The minimum atomic E-state index is -3.52. The van der Waals surface area contributed by atoms with Gasteiger partial charge in [0.15, 0.2) is 21.3 Å². The van der Waals surface area contributed by atoms with E-state index in [0.717, 1.165) is 11.8 Å². The first kappa shape index (κ1) is 19.8. The number of amides is 1. The van der Waals surface area contributed by atoms with E-state index in [2.05, 4.69) is 5.32 Å². The zero-order valence-corrected chi connectivity index (χ0v) is 16.7. The van der Waals surface area contributed by atoms with Gasteiger partial charge in [0.25, 0.3) is 5.91 Å². The Bertz CT molecular complexity index is 991. The Hall–Kier alpha value is -1.96. The molecule has 2 aromatic rings. The third-order valence-electron chi connectivity index (χ3n) is 3.95. The summed E-state index contributed by atoms with van der Waals surface area (Å²) < 4.78 is 34.5. The molecule has 1 N–H and O–H groups in total. The van der Waals surface area contributed by atoms with Crippen molar-refractivity contribution in [2.75, 3.05) is 26.0 Å². The molecule has 6 nitrogen and oxygen atoms in total. The van der Waals surface area contributed by atoms with E-state index in [1.54, 1.807) is 6.07 Å². The van der Waals surface area contributed by atoms with Gasteiger partial charge in [0.1, 0.15) is 13.2 Å². The van der Waals surface area contributed by atoms with Crippen LogP contribution in [0.25, 0.3) is 0 Å². The van der Waals surface area contributed by atoms with Crippen molar-refractivity contribution in [3.8, 4) is 11.5 Å². The molecule has 0 radical (unpaired) electrons. The zero-order chi connectivity index (χ0) is 19.6. The van der Waals surface area contributed by atoms with Gasteiger partial charge in [-0.3, -0.25) is 4.79 Å². The summed E-state index contributed by atoms with van der Waals surface area (Å²) in [5.74, 6) is 0.732. The summed E-state index contributed by atoms with van der Waals surface area (Å²) >= 11 is 12.1. The van der Waals surface area contributed by atoms with E-state index in [4.69, 9.17) is 32.7 Å². The maximum atomic E-state index is 12.3. The molecular formula is C18H17Cl2NO5S. The van der Waals surface area contributed by atoms with Gasteiger partial charge in [-0.1, -0.05) is 23.2 Å². The van der Waals surface area contributed by atoms with Crippen LogP contribution in [0.15, 0.2) is 35.2 Å². The summed E-state index contributed by atoms with van der Waals surface area (Å²) in [6.07, 6.45) is 1.57. The first-order valence-corrected chi connectivity index (χ1v) is 10.8. The van der Waals surface area contributed by atoms with E-state index in [1.807, 2.05) is 6.07 Å². The Morgan fingerprint density at radius 3 is 2.59 bits per heavy atom. The smallest absolute Gasteiger partial charge is 0.251 e. The van der Waals surface area contributed by atoms with Crippen molar-refractivity contribution in [2.24, 2.45) is 0 Å². The molecule has 1 aliphatic rings. The number of carbonyl (C=O) groups is 1. The number of rotatable bonds is 5. The number of fused-ring (bicyclic) bond motifs is 1. The molecule has 0 bridgehead atoms. The maximum Gasteiger partial charge on any atom is 0.251 e. The van der Waals surface area contributed by atoms with Crippen molar-refractivity contribution in [1.29, 1.82) is 0 Å². The molecule has 3 rings (SSSR count). The van der Waals surface area contributed by atoms with Gasteiger partial charge >= 0.3 is 0 Å². The van der Waals surface area contributed by atoms with E-state index in [9.17, 15) is 13.2 Å². The van der Waals surface area contributed by atoms with E-state index < -0.39 is 9.84 Å². The molecule has 1 aliphatic heterocycles. The number of carbonyl (C=O) groups excluding carboxylic acids is 1. The topological polar surface area (TPSA) is 81.7 Å². The molecule has 0 saturated heterocycles. The molecule has 1 heterocycles. The van der Waals surface area contributed by atoms with Crippen LogP contribution in [0.2, 0.25) is 10.0 Å². The van der Waals surface area contributed by atoms with Crippen LogP contribution >= 0.6 is 23.2 Å². The van der Waals surface area contributed by atoms with E-state index >= 15 is 0 Å². The lowest BCUT2D eigenvalue weighted by molar-refractivity contribution is 0.0954. The Balaban J connectivity index is 1.66. The van der Waals surface area contributed by atoms with Crippen molar-refractivity contribution in [2.45, 2.75) is 11.3 Å². The summed E-state index contributed by atoms with van der Waals surface area (Å²) in [5, 5.41) is 3.30. The van der Waals surface area contributed by atoms with Crippen LogP contribution in [0.4, 0.5) is 0 Å². The molecule has 2 aromatic carbocycles. The second-order valence-electron chi connectivity index (χ2n) is 6.03. The van der Waals surface area contributed by atoms with E-state index in [1.165, 1.54) is 18.2 Å². The van der Waals surface area contributed by atoms with Crippen LogP contribution in [0.5, 0.6) is 11.5 Å². The lowest BCUT2D eigenvalue weighted by Crippen LogP contribution is -2.26. The zero-order valence-electron chi connectivity index (χ0n) is 14.4. The summed E-state index contributed by atoms with van der Waals surface area (Å²) in [5.41, 5.74) is 1.11. The van der Waals surface area contributed by atoms with Gasteiger partial charge in [-0.05, 0) is 42.3 Å². The molecule has 0 spiro atoms. The Labute approximate surface area is 167 Å². The highest BCUT2D eigenvalue weighted by atomic mass is 35.5. The summed E-state index contributed by atoms with van der Waals surface area (Å²) in [6, 6.07) is 7.75. The minimum Gasteiger partial charge on any atom is -0.486 e. The molecule has 0 unspecified atom stereocenters. The van der Waals surface area contributed by atoms with Crippen molar-refractivity contribution in [1.82, 2.24) is 5.32 Å². The van der Waals surface area contributed by atoms with Gasteiger partial charge in [0.2, 0.25) is 0 Å². The summed E-state index contributed by atoms with van der Waals surface area (Å²) in [7, 11) is -3.52. The van der Waals surface area contributed by atoms with Crippen molar-refractivity contribution in [3.63, 3.8) is 0 Å². The molecule has 9 heteroatoms. The molecule has 0 aliphatic carbocycles. The van der Waals surface area contributed by atoms with E-state index in [0.29, 0.717) is 42.7 Å². The fourth-order valence-electron chi connectivity index (χ4n) is 2.66. The van der Waals surface area contributed by atoms with Crippen LogP contribution in [0.3, 0.4) is 0 Å². The normalized spacial score (nSPS) is 13.3. The second-order valence-corrected chi connectivity index (χ2v) is 8.82. The molecule has 1 amide bonds. The van der Waals surface area contributed by atoms with Crippen molar-refractivity contribution in [3.05, 3.63) is 51.5 Å². The maximum absolute atomic E-state index is 12.3. The summed E-state index contributed by atoms with van der Waals surface area (Å²) in [4.78, 5) is 12.2. The van der Waals surface area contributed by atoms with Gasteiger partial charge in [-0.15, -0.1) is 0 Å². The number of halogens is 2. The molecule has 0 atom stereocenters. The molecular weight excluding hydrogens is 413 g/mol. The first-order chi connectivity index (χ1) is 12.8. The number of benzene rings is 2. The predicted octanol–water partition coefficient (Wildman–Crippen LogP) is 3.14. The van der Waals surface area contributed by atoms with Crippen molar-refractivity contribution < 1.29 is 22.7 Å². The standard InChI is InChI=1S/C18H17Cl2NO5S/c1-27(23,24)16-10-12(2-3-13(16)19)18(22)21-5-4-11-8-14(20)17-15(9-11)25-6-7-26-17/h2-3,8-10H,4-7H2,1H3,(H,21,22). The fraction of sp³-hybridized carbons (Fsp3) is 0.278. The number of hydrogen-bond acceptors (Lipinski definition) is 5. The lowest BCUT2D eigenvalue weighted by Gasteiger charge is -2.20. The number of hydrogen-bond donors (Lipinski definition) is 1. The molecule has 0 fully saturated rings. The van der Waals surface area contributed by atoms with Crippen LogP contribution in [-0.4, -0.2) is 40.3 Å². The predicted molar refractivity (Wildman–Crippen MR) is 103 cm³/mol. The number of sulfone groups is 1. The highest BCUT2D eigenvalue weighted by molar-refractivity contribution is 7.90. The fourth-order valence-corrected chi connectivity index (χ4v) is 4.25. The Morgan fingerprint density at radius 2 is 1.85 bits per heavy atom. The van der Waals surface area contributed by atoms with Crippen LogP contribution in [0.1, 0.15) is 15.9 Å². The third kappa shape index (κ3) is 4.66. The first-order valence-electron chi connectivity index (χ1n) is 8.11. The summed E-state index contributed by atoms with van der Waals surface area (Å²) in [6.45, 7) is 1.26.